The Morgan fingerprint density at radius 1 is 1.26 bits per heavy atom. The molecule has 0 aromatic heterocycles. The van der Waals surface area contributed by atoms with Crippen molar-refractivity contribution in [3.05, 3.63) is 0 Å². The average Bonchev–Trinajstić information content (AvgIpc) is 2.45. The Morgan fingerprint density at radius 2 is 1.87 bits per heavy atom. The van der Waals surface area contributed by atoms with Crippen LogP contribution >= 0.6 is 0 Å². The van der Waals surface area contributed by atoms with E-state index in [4.69, 9.17) is 4.74 Å². The number of hydrogen-bond donors (Lipinski definition) is 2. The van der Waals surface area contributed by atoms with Gasteiger partial charge in [0.15, 0.2) is 5.54 Å². The lowest BCUT2D eigenvalue weighted by Gasteiger charge is -2.37. The molecule has 7 heteroatoms. The fourth-order valence-electron chi connectivity index (χ4n) is 2.66. The third-order valence-corrected chi connectivity index (χ3v) is 4.03. The predicted molar refractivity (Wildman–Crippen MR) is 84.8 cm³/mol. The highest BCUT2D eigenvalue weighted by atomic mass is 16.5. The van der Waals surface area contributed by atoms with Crippen LogP contribution in [0.5, 0.6) is 0 Å². The van der Waals surface area contributed by atoms with Crippen LogP contribution in [-0.2, 0) is 19.1 Å². The van der Waals surface area contributed by atoms with Gasteiger partial charge in [-0.1, -0.05) is 20.8 Å². The number of rotatable bonds is 5. The van der Waals surface area contributed by atoms with Gasteiger partial charge in [0.1, 0.15) is 0 Å². The van der Waals surface area contributed by atoms with Crippen LogP contribution in [-0.4, -0.2) is 60.1 Å². The molecule has 0 bridgehead atoms. The van der Waals surface area contributed by atoms with E-state index in [9.17, 15) is 19.5 Å². The van der Waals surface area contributed by atoms with E-state index in [1.807, 2.05) is 20.8 Å². The van der Waals surface area contributed by atoms with Gasteiger partial charge in [-0.3, -0.25) is 9.59 Å². The summed E-state index contributed by atoms with van der Waals surface area (Å²) in [6.45, 7) is 7.79. The number of aliphatic carboxylic acids is 1. The van der Waals surface area contributed by atoms with Crippen molar-refractivity contribution < 1.29 is 24.2 Å². The number of carboxylic acids is 1. The molecular weight excluding hydrogens is 300 g/mol. The summed E-state index contributed by atoms with van der Waals surface area (Å²) in [6.07, 6.45) is 1.37. The summed E-state index contributed by atoms with van der Waals surface area (Å²) in [5.74, 6) is -1.89. The van der Waals surface area contributed by atoms with Gasteiger partial charge in [0.2, 0.25) is 11.8 Å². The SMILES string of the molecule is COCC(C)(NC(=O)C1CCCN(C(=O)C(C)(C)C)C1)C(=O)O. The molecule has 0 spiro atoms. The first-order chi connectivity index (χ1) is 10.5. The topological polar surface area (TPSA) is 95.9 Å². The van der Waals surface area contributed by atoms with Crippen molar-refractivity contribution in [2.75, 3.05) is 26.8 Å². The fraction of sp³-hybridized carbons (Fsp3) is 0.812. The maximum absolute atomic E-state index is 12.4. The number of methoxy groups -OCH3 is 1. The number of nitrogens with zero attached hydrogens (tertiary/aromatic N) is 1. The smallest absolute Gasteiger partial charge is 0.331 e. The number of nitrogens with one attached hydrogen (secondary N) is 1. The van der Waals surface area contributed by atoms with Crippen LogP contribution in [0.2, 0.25) is 0 Å². The molecule has 0 aliphatic carbocycles. The van der Waals surface area contributed by atoms with Gasteiger partial charge in [-0.05, 0) is 19.8 Å². The summed E-state index contributed by atoms with van der Waals surface area (Å²) in [6, 6.07) is 0. The molecule has 0 aromatic rings. The molecule has 1 rings (SSSR count). The van der Waals surface area contributed by atoms with Gasteiger partial charge < -0.3 is 20.1 Å². The lowest BCUT2D eigenvalue weighted by atomic mass is 9.90. The van der Waals surface area contributed by atoms with Crippen LogP contribution in [0.25, 0.3) is 0 Å². The van der Waals surface area contributed by atoms with Crippen LogP contribution < -0.4 is 5.32 Å². The molecule has 2 atom stereocenters. The molecule has 1 aliphatic heterocycles. The van der Waals surface area contributed by atoms with E-state index in [1.54, 1.807) is 4.90 Å². The highest BCUT2D eigenvalue weighted by Gasteiger charge is 2.39. The van der Waals surface area contributed by atoms with Crippen molar-refractivity contribution in [1.29, 1.82) is 0 Å². The minimum Gasteiger partial charge on any atom is -0.479 e. The first-order valence-corrected chi connectivity index (χ1v) is 7.85. The van der Waals surface area contributed by atoms with Gasteiger partial charge in [-0.25, -0.2) is 4.79 Å². The Labute approximate surface area is 137 Å². The first-order valence-electron chi connectivity index (χ1n) is 7.85. The summed E-state index contributed by atoms with van der Waals surface area (Å²) in [5, 5.41) is 11.9. The van der Waals surface area contributed by atoms with E-state index in [1.165, 1.54) is 14.0 Å². The molecule has 1 fully saturated rings. The summed E-state index contributed by atoms with van der Waals surface area (Å²) in [4.78, 5) is 37.9. The van der Waals surface area contributed by atoms with E-state index < -0.39 is 22.8 Å². The molecule has 23 heavy (non-hydrogen) atoms. The second-order valence-electron chi connectivity index (χ2n) is 7.40. The minimum atomic E-state index is -1.47. The lowest BCUT2D eigenvalue weighted by Crippen LogP contribution is -2.58. The number of carboxylic acid groups (broad SMARTS) is 1. The largest absolute Gasteiger partial charge is 0.479 e. The number of likely N-dealkylation sites (tertiary alicyclic amines) is 1. The molecular formula is C16H28N2O5. The molecule has 0 aromatic carbocycles. The number of piperidine rings is 1. The summed E-state index contributed by atoms with van der Waals surface area (Å²) >= 11 is 0. The maximum Gasteiger partial charge on any atom is 0.331 e. The van der Waals surface area contributed by atoms with Gasteiger partial charge >= 0.3 is 5.97 Å². The van der Waals surface area contributed by atoms with Gasteiger partial charge in [-0.2, -0.15) is 0 Å². The Balaban J connectivity index is 2.76. The number of amides is 2. The van der Waals surface area contributed by atoms with Crippen molar-refractivity contribution in [3.63, 3.8) is 0 Å². The molecule has 132 valence electrons. The molecule has 7 nitrogen and oxygen atoms in total. The van der Waals surface area contributed by atoms with Crippen molar-refractivity contribution >= 4 is 17.8 Å². The van der Waals surface area contributed by atoms with Crippen molar-refractivity contribution in [2.45, 2.75) is 46.1 Å². The highest BCUT2D eigenvalue weighted by Crippen LogP contribution is 2.24. The molecule has 0 radical (unpaired) electrons. The second kappa shape index (κ2) is 7.29. The van der Waals surface area contributed by atoms with Crippen LogP contribution in [0.15, 0.2) is 0 Å². The lowest BCUT2D eigenvalue weighted by molar-refractivity contribution is -0.151. The molecule has 1 heterocycles. The summed E-state index contributed by atoms with van der Waals surface area (Å²) < 4.78 is 4.90. The quantitative estimate of drug-likeness (QED) is 0.781. The van der Waals surface area contributed by atoms with Crippen molar-refractivity contribution in [1.82, 2.24) is 10.2 Å². The third-order valence-electron chi connectivity index (χ3n) is 4.03. The van der Waals surface area contributed by atoms with E-state index in [0.29, 0.717) is 19.5 Å². The zero-order valence-corrected chi connectivity index (χ0v) is 14.6. The van der Waals surface area contributed by atoms with E-state index >= 15 is 0 Å². The number of carbonyl (C=O) groups is 3. The molecule has 0 saturated carbocycles. The molecule has 1 saturated heterocycles. The molecule has 2 N–H and O–H groups in total. The second-order valence-corrected chi connectivity index (χ2v) is 7.40. The van der Waals surface area contributed by atoms with Gasteiger partial charge in [0, 0.05) is 25.6 Å². The Hall–Kier alpha value is -1.63. The third kappa shape index (κ3) is 4.92. The first kappa shape index (κ1) is 19.4. The number of ether oxygens (including phenoxy) is 1. The Kier molecular flexibility index (Phi) is 6.16. The van der Waals surface area contributed by atoms with Crippen molar-refractivity contribution in [2.24, 2.45) is 11.3 Å². The van der Waals surface area contributed by atoms with E-state index in [-0.39, 0.29) is 18.4 Å². The maximum atomic E-state index is 12.4. The normalized spacial score (nSPS) is 21.4. The molecule has 2 unspecified atom stereocenters. The predicted octanol–water partition coefficient (Wildman–Crippen LogP) is 0.877. The standard InChI is InChI=1S/C16H28N2O5/c1-15(2,3)13(20)18-8-6-7-11(9-18)12(19)17-16(4,10-23-5)14(21)22/h11H,6-10H2,1-5H3,(H,17,19)(H,21,22). The van der Waals surface area contributed by atoms with E-state index in [0.717, 1.165) is 6.42 Å². The monoisotopic (exact) mass is 328 g/mol. The Morgan fingerprint density at radius 3 is 2.35 bits per heavy atom. The minimum absolute atomic E-state index is 0.00730. The van der Waals surface area contributed by atoms with Crippen LogP contribution in [0.3, 0.4) is 0 Å². The van der Waals surface area contributed by atoms with E-state index in [2.05, 4.69) is 5.32 Å². The molecule has 1 aliphatic rings. The van der Waals surface area contributed by atoms with Crippen molar-refractivity contribution in [3.8, 4) is 0 Å². The fourth-order valence-corrected chi connectivity index (χ4v) is 2.66. The summed E-state index contributed by atoms with van der Waals surface area (Å²) in [5.41, 5.74) is -1.97. The number of hydrogen-bond acceptors (Lipinski definition) is 4. The highest BCUT2D eigenvalue weighted by molar-refractivity contribution is 5.89. The van der Waals surface area contributed by atoms with Crippen LogP contribution in [0.4, 0.5) is 0 Å². The zero-order valence-electron chi connectivity index (χ0n) is 14.6. The molecule has 2 amide bonds. The number of carbonyl (C=O) groups excluding carboxylic acids is 2. The average molecular weight is 328 g/mol. The Bertz CT molecular complexity index is 472. The van der Waals surface area contributed by atoms with Gasteiger partial charge in [0.25, 0.3) is 0 Å². The van der Waals surface area contributed by atoms with Gasteiger partial charge in [0.05, 0.1) is 12.5 Å². The van der Waals surface area contributed by atoms with Gasteiger partial charge in [-0.15, -0.1) is 0 Å². The summed E-state index contributed by atoms with van der Waals surface area (Å²) in [7, 11) is 1.39. The van der Waals surface area contributed by atoms with Crippen LogP contribution in [0.1, 0.15) is 40.5 Å². The van der Waals surface area contributed by atoms with Crippen LogP contribution in [0, 0.1) is 11.3 Å². The zero-order chi connectivity index (χ0) is 17.8.